The third-order valence-corrected chi connectivity index (χ3v) is 4.32. The van der Waals surface area contributed by atoms with Crippen molar-refractivity contribution in [3.05, 3.63) is 35.4 Å². The average Bonchev–Trinajstić information content (AvgIpc) is 3.21. The fourth-order valence-electron chi connectivity index (χ4n) is 2.61. The minimum absolute atomic E-state index is 0.128. The van der Waals surface area contributed by atoms with E-state index < -0.39 is 0 Å². The van der Waals surface area contributed by atoms with Crippen LogP contribution in [0.1, 0.15) is 57.7 Å². The third kappa shape index (κ3) is 4.32. The molecule has 20 heavy (non-hydrogen) atoms. The topological polar surface area (TPSA) is 29.3 Å². The van der Waals surface area contributed by atoms with Gasteiger partial charge in [-0.25, -0.2) is 0 Å². The molecule has 1 unspecified atom stereocenters. The van der Waals surface area contributed by atoms with Crippen molar-refractivity contribution in [1.29, 1.82) is 0 Å². The van der Waals surface area contributed by atoms with Crippen molar-refractivity contribution < 1.29 is 0 Å². The van der Waals surface area contributed by atoms with Crippen molar-refractivity contribution in [3.63, 3.8) is 0 Å². The van der Waals surface area contributed by atoms with Crippen LogP contribution in [0.2, 0.25) is 0 Å². The second kappa shape index (κ2) is 6.28. The zero-order chi connectivity index (χ0) is 14.8. The van der Waals surface area contributed by atoms with Crippen molar-refractivity contribution in [2.75, 3.05) is 19.6 Å². The summed E-state index contributed by atoms with van der Waals surface area (Å²) < 4.78 is 0. The summed E-state index contributed by atoms with van der Waals surface area (Å²) in [7, 11) is 0. The van der Waals surface area contributed by atoms with Gasteiger partial charge in [0.15, 0.2) is 0 Å². The van der Waals surface area contributed by atoms with Gasteiger partial charge in [0.25, 0.3) is 0 Å². The smallest absolute Gasteiger partial charge is 0.0424 e. The van der Waals surface area contributed by atoms with Crippen LogP contribution in [0.5, 0.6) is 0 Å². The Morgan fingerprint density at radius 2 is 1.80 bits per heavy atom. The van der Waals surface area contributed by atoms with Crippen molar-refractivity contribution in [2.45, 2.75) is 52.0 Å². The molecule has 1 aromatic carbocycles. The summed E-state index contributed by atoms with van der Waals surface area (Å²) in [5, 5.41) is 0. The molecule has 0 amide bonds. The molecule has 2 N–H and O–H groups in total. The highest BCUT2D eigenvalue weighted by Crippen LogP contribution is 2.30. The molecule has 1 aromatic rings. The van der Waals surface area contributed by atoms with E-state index in [1.54, 1.807) is 0 Å². The van der Waals surface area contributed by atoms with E-state index in [2.05, 4.69) is 56.9 Å². The molecule has 0 heterocycles. The van der Waals surface area contributed by atoms with Crippen molar-refractivity contribution in [2.24, 2.45) is 11.7 Å². The maximum atomic E-state index is 6.39. The molecule has 1 fully saturated rings. The third-order valence-electron chi connectivity index (χ3n) is 4.32. The lowest BCUT2D eigenvalue weighted by atomic mass is 9.86. The molecule has 1 atom stereocenters. The predicted molar refractivity (Wildman–Crippen MR) is 86.9 cm³/mol. The van der Waals surface area contributed by atoms with Crippen molar-refractivity contribution in [1.82, 2.24) is 4.90 Å². The molecule has 0 saturated heterocycles. The van der Waals surface area contributed by atoms with E-state index in [4.69, 9.17) is 5.73 Å². The number of hydrogen-bond acceptors (Lipinski definition) is 2. The first kappa shape index (κ1) is 15.5. The van der Waals surface area contributed by atoms with Crippen LogP contribution < -0.4 is 5.73 Å². The van der Waals surface area contributed by atoms with Crippen LogP contribution in [0.4, 0.5) is 0 Å². The Balaban J connectivity index is 1.95. The van der Waals surface area contributed by atoms with Crippen LogP contribution in [0.25, 0.3) is 0 Å². The van der Waals surface area contributed by atoms with E-state index in [1.807, 2.05) is 0 Å². The largest absolute Gasteiger partial charge is 0.323 e. The standard InChI is InChI=1S/C18H30N2/c1-5-20(12-14-6-7-14)13-17(19)15-8-10-16(11-9-15)18(2,3)4/h8-11,14,17H,5-7,12-13,19H2,1-4H3. The first-order valence-corrected chi connectivity index (χ1v) is 7.98. The summed E-state index contributed by atoms with van der Waals surface area (Å²) >= 11 is 0. The van der Waals surface area contributed by atoms with Crippen LogP contribution in [-0.2, 0) is 5.41 Å². The summed E-state index contributed by atoms with van der Waals surface area (Å²) in [5.41, 5.74) is 9.23. The number of hydrogen-bond donors (Lipinski definition) is 1. The Bertz CT molecular complexity index is 412. The van der Waals surface area contributed by atoms with E-state index in [0.717, 1.165) is 19.0 Å². The number of benzene rings is 1. The minimum Gasteiger partial charge on any atom is -0.323 e. The van der Waals surface area contributed by atoms with E-state index in [0.29, 0.717) is 0 Å². The second-order valence-electron chi connectivity index (χ2n) is 7.27. The molecule has 0 bridgehead atoms. The molecule has 0 aromatic heterocycles. The van der Waals surface area contributed by atoms with E-state index >= 15 is 0 Å². The number of rotatable bonds is 6. The highest BCUT2D eigenvalue weighted by molar-refractivity contribution is 5.29. The Hall–Kier alpha value is -0.860. The van der Waals surface area contributed by atoms with Gasteiger partial charge in [-0.05, 0) is 41.8 Å². The van der Waals surface area contributed by atoms with E-state index in [-0.39, 0.29) is 11.5 Å². The Morgan fingerprint density at radius 1 is 1.20 bits per heavy atom. The lowest BCUT2D eigenvalue weighted by Gasteiger charge is -2.25. The molecule has 0 aliphatic heterocycles. The highest BCUT2D eigenvalue weighted by Gasteiger charge is 2.24. The van der Waals surface area contributed by atoms with Crippen molar-refractivity contribution >= 4 is 0 Å². The van der Waals surface area contributed by atoms with Crippen LogP contribution in [-0.4, -0.2) is 24.5 Å². The molecule has 0 radical (unpaired) electrons. The van der Waals surface area contributed by atoms with E-state index in [9.17, 15) is 0 Å². The Kier molecular flexibility index (Phi) is 4.87. The van der Waals surface area contributed by atoms with Crippen LogP contribution >= 0.6 is 0 Å². The summed E-state index contributed by atoms with van der Waals surface area (Å²) in [4.78, 5) is 2.50. The monoisotopic (exact) mass is 274 g/mol. The fourth-order valence-corrected chi connectivity index (χ4v) is 2.61. The molecule has 1 aliphatic rings. The first-order chi connectivity index (χ1) is 9.40. The minimum atomic E-state index is 0.128. The van der Waals surface area contributed by atoms with Crippen molar-refractivity contribution in [3.8, 4) is 0 Å². The maximum Gasteiger partial charge on any atom is 0.0424 e. The fraction of sp³-hybridized carbons (Fsp3) is 0.667. The highest BCUT2D eigenvalue weighted by atomic mass is 15.1. The summed E-state index contributed by atoms with van der Waals surface area (Å²) in [6.45, 7) is 12.3. The predicted octanol–water partition coefficient (Wildman–Crippen LogP) is 3.72. The molecule has 112 valence electrons. The van der Waals surface area contributed by atoms with Crippen LogP contribution in [0, 0.1) is 5.92 Å². The summed E-state index contributed by atoms with van der Waals surface area (Å²) in [6.07, 6.45) is 2.82. The molecule has 2 heteroatoms. The summed E-state index contributed by atoms with van der Waals surface area (Å²) in [6, 6.07) is 8.99. The summed E-state index contributed by atoms with van der Waals surface area (Å²) in [5.74, 6) is 0.936. The van der Waals surface area contributed by atoms with Gasteiger partial charge in [-0.15, -0.1) is 0 Å². The Labute approximate surface area is 124 Å². The lowest BCUT2D eigenvalue weighted by Crippen LogP contribution is -2.33. The zero-order valence-electron chi connectivity index (χ0n) is 13.5. The van der Waals surface area contributed by atoms with Gasteiger partial charge in [-0.2, -0.15) is 0 Å². The number of likely N-dealkylation sites (N-methyl/N-ethyl adjacent to an activating group) is 1. The van der Waals surface area contributed by atoms with Gasteiger partial charge in [0.1, 0.15) is 0 Å². The molecule has 0 spiro atoms. The number of nitrogens with zero attached hydrogens (tertiary/aromatic N) is 1. The van der Waals surface area contributed by atoms with Gasteiger partial charge in [0.05, 0.1) is 0 Å². The normalized spacial score (nSPS) is 17.5. The maximum absolute atomic E-state index is 6.39. The SMILES string of the molecule is CCN(CC1CC1)CC(N)c1ccc(C(C)(C)C)cc1. The molecule has 2 nitrogen and oxygen atoms in total. The first-order valence-electron chi connectivity index (χ1n) is 7.98. The molecular weight excluding hydrogens is 244 g/mol. The zero-order valence-corrected chi connectivity index (χ0v) is 13.5. The van der Waals surface area contributed by atoms with E-state index in [1.165, 1.54) is 30.5 Å². The number of nitrogens with two attached hydrogens (primary N) is 1. The average molecular weight is 274 g/mol. The molecule has 1 saturated carbocycles. The van der Waals surface area contributed by atoms with Gasteiger partial charge in [0.2, 0.25) is 0 Å². The Morgan fingerprint density at radius 3 is 2.25 bits per heavy atom. The quantitative estimate of drug-likeness (QED) is 0.856. The van der Waals surface area contributed by atoms with Gasteiger partial charge in [0, 0.05) is 19.1 Å². The lowest BCUT2D eigenvalue weighted by molar-refractivity contribution is 0.260. The van der Waals surface area contributed by atoms with Gasteiger partial charge >= 0.3 is 0 Å². The molecular formula is C18H30N2. The van der Waals surface area contributed by atoms with Crippen LogP contribution in [0.15, 0.2) is 24.3 Å². The molecule has 2 rings (SSSR count). The van der Waals surface area contributed by atoms with Crippen LogP contribution in [0.3, 0.4) is 0 Å². The van der Waals surface area contributed by atoms with Gasteiger partial charge in [-0.1, -0.05) is 52.0 Å². The van der Waals surface area contributed by atoms with Gasteiger partial charge < -0.3 is 10.6 Å². The molecule has 1 aliphatic carbocycles. The van der Waals surface area contributed by atoms with Gasteiger partial charge in [-0.3, -0.25) is 0 Å². The second-order valence-corrected chi connectivity index (χ2v) is 7.27.